The summed E-state index contributed by atoms with van der Waals surface area (Å²) in [6.45, 7) is 0. The fraction of sp³-hybridized carbons (Fsp3) is 0.0500. The molecule has 0 saturated carbocycles. The number of rotatable bonds is 4. The highest BCUT2D eigenvalue weighted by Gasteiger charge is 2.33. The summed E-state index contributed by atoms with van der Waals surface area (Å²) in [5.74, 6) is -0.958. The summed E-state index contributed by atoms with van der Waals surface area (Å²) >= 11 is 0. The van der Waals surface area contributed by atoms with Crippen LogP contribution in [0.4, 0.5) is 24.5 Å². The van der Waals surface area contributed by atoms with Gasteiger partial charge in [-0.2, -0.15) is 18.4 Å². The number of carbonyl (C=O) groups is 1. The van der Waals surface area contributed by atoms with Gasteiger partial charge in [-0.3, -0.25) is 9.78 Å². The van der Waals surface area contributed by atoms with Crippen molar-refractivity contribution in [3.05, 3.63) is 78.1 Å². The van der Waals surface area contributed by atoms with Crippen LogP contribution in [0, 0.1) is 11.3 Å². The molecule has 1 aromatic heterocycles. The topological polar surface area (TPSA) is 77.8 Å². The monoisotopic (exact) mass is 382 g/mol. The molecule has 0 atom stereocenters. The Morgan fingerprint density at radius 3 is 2.50 bits per heavy atom. The van der Waals surface area contributed by atoms with Gasteiger partial charge in [0.25, 0.3) is 5.91 Å². The van der Waals surface area contributed by atoms with Crippen molar-refractivity contribution in [1.82, 2.24) is 4.98 Å². The molecule has 0 spiro atoms. The number of nitrogens with one attached hydrogen (secondary N) is 2. The van der Waals surface area contributed by atoms with Crippen molar-refractivity contribution in [2.75, 3.05) is 10.6 Å². The number of carbonyl (C=O) groups excluding carboxylic acids is 1. The molecule has 5 nitrogen and oxygen atoms in total. The van der Waals surface area contributed by atoms with Crippen LogP contribution in [0.15, 0.2) is 72.6 Å². The highest BCUT2D eigenvalue weighted by Crippen LogP contribution is 2.34. The average Bonchev–Trinajstić information content (AvgIpc) is 2.68. The van der Waals surface area contributed by atoms with Crippen LogP contribution >= 0.6 is 0 Å². The first-order valence-corrected chi connectivity index (χ1v) is 8.08. The Labute approximate surface area is 158 Å². The van der Waals surface area contributed by atoms with Crippen LogP contribution in [0.1, 0.15) is 5.56 Å². The summed E-state index contributed by atoms with van der Waals surface area (Å²) in [4.78, 5) is 16.5. The van der Waals surface area contributed by atoms with Crippen LogP contribution < -0.4 is 10.6 Å². The zero-order chi connectivity index (χ0) is 20.1. The lowest BCUT2D eigenvalue weighted by molar-refractivity contribution is -0.137. The normalized spacial score (nSPS) is 11.7. The molecule has 1 heterocycles. The SMILES string of the molecule is N#C/C(=C/Nc1cccc2cccnc12)C(=O)Nc1ccccc1C(F)(F)F. The van der Waals surface area contributed by atoms with E-state index in [1.165, 1.54) is 12.1 Å². The van der Waals surface area contributed by atoms with Gasteiger partial charge < -0.3 is 10.6 Å². The maximum absolute atomic E-state index is 13.0. The molecule has 28 heavy (non-hydrogen) atoms. The van der Waals surface area contributed by atoms with Gasteiger partial charge in [0.2, 0.25) is 0 Å². The molecule has 140 valence electrons. The van der Waals surface area contributed by atoms with E-state index < -0.39 is 23.3 Å². The molecule has 2 aromatic carbocycles. The number of para-hydroxylation sites is 2. The van der Waals surface area contributed by atoms with Crippen LogP contribution in [0.5, 0.6) is 0 Å². The Bertz CT molecular complexity index is 1100. The highest BCUT2D eigenvalue weighted by molar-refractivity contribution is 6.07. The van der Waals surface area contributed by atoms with Crippen molar-refractivity contribution < 1.29 is 18.0 Å². The molecule has 0 saturated heterocycles. The van der Waals surface area contributed by atoms with Crippen LogP contribution in [0.25, 0.3) is 10.9 Å². The molecule has 0 unspecified atom stereocenters. The maximum atomic E-state index is 13.0. The summed E-state index contributed by atoms with van der Waals surface area (Å²) in [6.07, 6.45) is -1.90. The van der Waals surface area contributed by atoms with Crippen molar-refractivity contribution in [2.45, 2.75) is 6.18 Å². The standard InChI is InChI=1S/C20H13F3N4O/c21-20(22,23)15-7-1-2-8-16(15)27-19(28)14(11-24)12-26-17-9-3-5-13-6-4-10-25-18(13)17/h1-10,12,26H,(H,27,28)/b14-12-. The lowest BCUT2D eigenvalue weighted by Crippen LogP contribution is -2.18. The predicted octanol–water partition coefficient (Wildman–Crippen LogP) is 4.71. The second-order valence-corrected chi connectivity index (χ2v) is 5.69. The van der Waals surface area contributed by atoms with E-state index >= 15 is 0 Å². The number of aromatic nitrogens is 1. The number of fused-ring (bicyclic) bond motifs is 1. The van der Waals surface area contributed by atoms with E-state index in [0.717, 1.165) is 23.7 Å². The summed E-state index contributed by atoms with van der Waals surface area (Å²) < 4.78 is 39.1. The van der Waals surface area contributed by atoms with E-state index in [1.54, 1.807) is 30.5 Å². The van der Waals surface area contributed by atoms with Crippen molar-refractivity contribution in [3.63, 3.8) is 0 Å². The van der Waals surface area contributed by atoms with Crippen LogP contribution in [-0.4, -0.2) is 10.9 Å². The van der Waals surface area contributed by atoms with Gasteiger partial charge in [0.1, 0.15) is 11.6 Å². The Morgan fingerprint density at radius 2 is 1.75 bits per heavy atom. The molecule has 3 rings (SSSR count). The number of nitriles is 1. The van der Waals surface area contributed by atoms with Crippen molar-refractivity contribution in [3.8, 4) is 6.07 Å². The van der Waals surface area contributed by atoms with E-state index in [-0.39, 0.29) is 5.57 Å². The predicted molar refractivity (Wildman–Crippen MR) is 99.1 cm³/mol. The Hall–Kier alpha value is -3.86. The summed E-state index contributed by atoms with van der Waals surface area (Å²) in [5, 5.41) is 15.0. The first-order chi connectivity index (χ1) is 13.4. The molecule has 0 radical (unpaired) electrons. The van der Waals surface area contributed by atoms with Gasteiger partial charge in [0.15, 0.2) is 0 Å². The van der Waals surface area contributed by atoms with Crippen LogP contribution in [-0.2, 0) is 11.0 Å². The molecule has 3 aromatic rings. The zero-order valence-electron chi connectivity index (χ0n) is 14.3. The minimum Gasteiger partial charge on any atom is -0.358 e. The Balaban J connectivity index is 1.84. The van der Waals surface area contributed by atoms with Crippen LogP contribution in [0.3, 0.4) is 0 Å². The van der Waals surface area contributed by atoms with Gasteiger partial charge in [0, 0.05) is 17.8 Å². The molecule has 0 bridgehead atoms. The van der Waals surface area contributed by atoms with Crippen LogP contribution in [0.2, 0.25) is 0 Å². The third-order valence-electron chi connectivity index (χ3n) is 3.85. The summed E-state index contributed by atoms with van der Waals surface area (Å²) in [6, 6.07) is 15.2. The van der Waals surface area contributed by atoms with Gasteiger partial charge in [-0.05, 0) is 24.3 Å². The average molecular weight is 382 g/mol. The van der Waals surface area contributed by atoms with Gasteiger partial charge >= 0.3 is 6.18 Å². The van der Waals surface area contributed by atoms with Gasteiger partial charge in [-0.25, -0.2) is 0 Å². The number of anilines is 2. The van der Waals surface area contributed by atoms with Gasteiger partial charge in [-0.1, -0.05) is 30.3 Å². The fourth-order valence-corrected chi connectivity index (χ4v) is 2.55. The first kappa shape index (κ1) is 18.9. The maximum Gasteiger partial charge on any atom is 0.418 e. The lowest BCUT2D eigenvalue weighted by atomic mass is 10.1. The second-order valence-electron chi connectivity index (χ2n) is 5.69. The van der Waals surface area contributed by atoms with E-state index in [0.29, 0.717) is 11.2 Å². The molecular weight excluding hydrogens is 369 g/mol. The molecular formula is C20H13F3N4O. The van der Waals surface area contributed by atoms with Gasteiger partial charge in [-0.15, -0.1) is 0 Å². The zero-order valence-corrected chi connectivity index (χ0v) is 14.3. The Kier molecular flexibility index (Phi) is 5.27. The number of alkyl halides is 3. The lowest BCUT2D eigenvalue weighted by Gasteiger charge is -2.13. The number of benzene rings is 2. The summed E-state index contributed by atoms with van der Waals surface area (Å²) in [7, 11) is 0. The molecule has 0 aliphatic carbocycles. The highest BCUT2D eigenvalue weighted by atomic mass is 19.4. The number of hydrogen-bond donors (Lipinski definition) is 2. The fourth-order valence-electron chi connectivity index (χ4n) is 2.55. The number of pyridine rings is 1. The van der Waals surface area contributed by atoms with E-state index in [4.69, 9.17) is 0 Å². The first-order valence-electron chi connectivity index (χ1n) is 8.08. The minimum absolute atomic E-state index is 0.384. The van der Waals surface area contributed by atoms with Gasteiger partial charge in [0.05, 0.1) is 22.5 Å². The molecule has 1 amide bonds. The van der Waals surface area contributed by atoms with Crippen molar-refractivity contribution >= 4 is 28.2 Å². The number of hydrogen-bond acceptors (Lipinski definition) is 4. The quantitative estimate of drug-likeness (QED) is 0.506. The molecule has 0 fully saturated rings. The third-order valence-corrected chi connectivity index (χ3v) is 3.85. The smallest absolute Gasteiger partial charge is 0.358 e. The van der Waals surface area contributed by atoms with Crippen molar-refractivity contribution in [1.29, 1.82) is 5.26 Å². The molecule has 2 N–H and O–H groups in total. The van der Waals surface area contributed by atoms with E-state index in [1.807, 2.05) is 12.1 Å². The van der Waals surface area contributed by atoms with Crippen molar-refractivity contribution in [2.24, 2.45) is 0 Å². The van der Waals surface area contributed by atoms with E-state index in [2.05, 4.69) is 15.6 Å². The van der Waals surface area contributed by atoms with E-state index in [9.17, 15) is 23.2 Å². The molecule has 0 aliphatic heterocycles. The second kappa shape index (κ2) is 7.80. The number of nitrogens with zero attached hydrogens (tertiary/aromatic N) is 2. The number of amides is 1. The number of halogens is 3. The Morgan fingerprint density at radius 1 is 1.04 bits per heavy atom. The largest absolute Gasteiger partial charge is 0.418 e. The minimum atomic E-state index is -4.63. The summed E-state index contributed by atoms with van der Waals surface area (Å²) in [5.41, 5.74) is -0.625. The third kappa shape index (κ3) is 4.10. The molecule has 0 aliphatic rings. The molecule has 8 heteroatoms.